The number of carbonyl (C=O) groups excluding carboxylic acids is 2. The predicted molar refractivity (Wildman–Crippen MR) is 108 cm³/mol. The zero-order valence-electron chi connectivity index (χ0n) is 18.4. The molecule has 160 valence electrons. The summed E-state index contributed by atoms with van der Waals surface area (Å²) in [6.07, 6.45) is 1.53. The molecule has 1 aromatic carbocycles. The van der Waals surface area contributed by atoms with Gasteiger partial charge in [0.1, 0.15) is 0 Å². The predicted octanol–water partition coefficient (Wildman–Crippen LogP) is 4.71. The molecule has 0 aliphatic carbocycles. The molecule has 28 heavy (non-hydrogen) atoms. The molecular weight excluding hydrogens is 360 g/mol. The molecule has 1 aromatic rings. The lowest BCUT2D eigenvalue weighted by molar-refractivity contribution is -0.168. The Labute approximate surface area is 169 Å². The van der Waals surface area contributed by atoms with Gasteiger partial charge in [0.25, 0.3) is 0 Å². The molecule has 0 atom stereocenters. The molecule has 0 saturated carbocycles. The number of hydrogen-bond acceptors (Lipinski definition) is 6. The number of hydrogen-bond donors (Lipinski definition) is 0. The number of methoxy groups -OCH3 is 1. The molecule has 0 spiro atoms. The van der Waals surface area contributed by atoms with Crippen LogP contribution >= 0.6 is 0 Å². The van der Waals surface area contributed by atoms with Crippen molar-refractivity contribution in [3.05, 3.63) is 35.9 Å². The average molecular weight is 397 g/mol. The lowest BCUT2D eigenvalue weighted by atomic mass is 9.91. The summed E-state index contributed by atoms with van der Waals surface area (Å²) in [6, 6.07) is 9.79. The molecule has 0 radical (unpaired) electrons. The summed E-state index contributed by atoms with van der Waals surface area (Å²) in [6.45, 7) is 11.9. The zero-order chi connectivity index (χ0) is 21.6. The number of carbonyl (C=O) groups is 2. The van der Waals surface area contributed by atoms with Crippen LogP contribution in [0.3, 0.4) is 0 Å². The van der Waals surface area contributed by atoms with Crippen molar-refractivity contribution in [2.45, 2.75) is 61.0 Å². The smallest absolute Gasteiger partial charge is 0.313 e. The number of rotatable bonds is 10. The Balaban J connectivity index is 0.000000576. The van der Waals surface area contributed by atoms with Crippen molar-refractivity contribution < 1.29 is 28.5 Å². The van der Waals surface area contributed by atoms with Gasteiger partial charge in [-0.2, -0.15) is 0 Å². The Morgan fingerprint density at radius 3 is 1.71 bits per heavy atom. The minimum Gasteiger partial charge on any atom is -0.438 e. The topological polar surface area (TPSA) is 71.1 Å². The molecule has 0 fully saturated rings. The van der Waals surface area contributed by atoms with E-state index in [9.17, 15) is 9.59 Å². The minimum atomic E-state index is -0.434. The molecule has 6 nitrogen and oxygen atoms in total. The van der Waals surface area contributed by atoms with Gasteiger partial charge < -0.3 is 18.9 Å². The first kappa shape index (κ1) is 26.1. The summed E-state index contributed by atoms with van der Waals surface area (Å²) in [7, 11) is 1.49. The zero-order valence-corrected chi connectivity index (χ0v) is 18.4. The molecule has 1 rings (SSSR count). The van der Waals surface area contributed by atoms with Crippen LogP contribution in [0.25, 0.3) is 0 Å². The van der Waals surface area contributed by atoms with Gasteiger partial charge in [-0.25, -0.2) is 0 Å². The fourth-order valence-corrected chi connectivity index (χ4v) is 1.62. The summed E-state index contributed by atoms with van der Waals surface area (Å²) in [4.78, 5) is 22.8. The van der Waals surface area contributed by atoms with Crippen molar-refractivity contribution in [3.8, 4) is 0 Å². The standard InChI is InChI=1S/C14H20O3.C8H16O3/c1-4-14(2,3)13(15)17-11-16-10-12-8-6-5-7-9-12;1-5-8(2,3)7(9)11-6-10-4/h5-9H,4,10-11H2,1-3H3;5-6H2,1-4H3. The molecule has 0 bridgehead atoms. The highest BCUT2D eigenvalue weighted by Crippen LogP contribution is 2.22. The summed E-state index contributed by atoms with van der Waals surface area (Å²) in [5, 5.41) is 0. The largest absolute Gasteiger partial charge is 0.438 e. The summed E-state index contributed by atoms with van der Waals surface area (Å²) < 4.78 is 19.7. The quantitative estimate of drug-likeness (QED) is 0.324. The minimum absolute atomic E-state index is 0.0111. The summed E-state index contributed by atoms with van der Waals surface area (Å²) >= 11 is 0. The van der Waals surface area contributed by atoms with Gasteiger partial charge in [0.15, 0.2) is 13.6 Å². The lowest BCUT2D eigenvalue weighted by Gasteiger charge is -2.20. The Morgan fingerprint density at radius 2 is 1.29 bits per heavy atom. The molecule has 0 heterocycles. The van der Waals surface area contributed by atoms with E-state index in [1.54, 1.807) is 0 Å². The van der Waals surface area contributed by atoms with Crippen LogP contribution in [0.5, 0.6) is 0 Å². The van der Waals surface area contributed by atoms with E-state index in [1.165, 1.54) is 7.11 Å². The number of esters is 2. The van der Waals surface area contributed by atoms with Crippen molar-refractivity contribution in [1.82, 2.24) is 0 Å². The van der Waals surface area contributed by atoms with Crippen LogP contribution in [-0.4, -0.2) is 32.6 Å². The third kappa shape index (κ3) is 10.4. The van der Waals surface area contributed by atoms with Crippen molar-refractivity contribution in [2.24, 2.45) is 10.8 Å². The monoisotopic (exact) mass is 396 g/mol. The third-order valence-corrected chi connectivity index (χ3v) is 4.57. The van der Waals surface area contributed by atoms with Gasteiger partial charge in [-0.1, -0.05) is 44.2 Å². The maximum Gasteiger partial charge on any atom is 0.313 e. The van der Waals surface area contributed by atoms with E-state index in [1.807, 2.05) is 71.9 Å². The van der Waals surface area contributed by atoms with Crippen molar-refractivity contribution in [1.29, 1.82) is 0 Å². The fraction of sp³-hybridized carbons (Fsp3) is 0.636. The molecule has 0 amide bonds. The second-order valence-corrected chi connectivity index (χ2v) is 7.70. The highest BCUT2D eigenvalue weighted by molar-refractivity contribution is 5.76. The Hall–Kier alpha value is -1.92. The van der Waals surface area contributed by atoms with Gasteiger partial charge in [-0.15, -0.1) is 0 Å². The Kier molecular flexibility index (Phi) is 12.4. The molecule has 0 N–H and O–H groups in total. The molecular formula is C22H36O6. The van der Waals surface area contributed by atoms with Gasteiger partial charge in [-0.05, 0) is 46.1 Å². The normalized spacial score (nSPS) is 11.2. The lowest BCUT2D eigenvalue weighted by Crippen LogP contribution is -2.26. The first-order valence-corrected chi connectivity index (χ1v) is 9.55. The van der Waals surface area contributed by atoms with E-state index in [-0.39, 0.29) is 25.5 Å². The first-order chi connectivity index (χ1) is 13.1. The van der Waals surface area contributed by atoms with Gasteiger partial charge in [-0.3, -0.25) is 9.59 Å². The van der Waals surface area contributed by atoms with Crippen molar-refractivity contribution in [2.75, 3.05) is 20.7 Å². The van der Waals surface area contributed by atoms with Gasteiger partial charge in [0, 0.05) is 7.11 Å². The van der Waals surface area contributed by atoms with Gasteiger partial charge in [0.2, 0.25) is 0 Å². The maximum atomic E-state index is 11.6. The molecule has 0 unspecified atom stereocenters. The van der Waals surface area contributed by atoms with Crippen LogP contribution < -0.4 is 0 Å². The van der Waals surface area contributed by atoms with E-state index >= 15 is 0 Å². The first-order valence-electron chi connectivity index (χ1n) is 9.55. The second-order valence-electron chi connectivity index (χ2n) is 7.70. The van der Waals surface area contributed by atoms with Crippen LogP contribution in [0.1, 0.15) is 59.9 Å². The van der Waals surface area contributed by atoms with E-state index in [0.717, 1.165) is 18.4 Å². The van der Waals surface area contributed by atoms with E-state index < -0.39 is 10.8 Å². The number of ether oxygens (including phenoxy) is 4. The van der Waals surface area contributed by atoms with Crippen LogP contribution in [0.4, 0.5) is 0 Å². The molecule has 6 heteroatoms. The Morgan fingerprint density at radius 1 is 0.821 bits per heavy atom. The fourth-order valence-electron chi connectivity index (χ4n) is 1.62. The van der Waals surface area contributed by atoms with Crippen LogP contribution in [0, 0.1) is 10.8 Å². The van der Waals surface area contributed by atoms with E-state index in [0.29, 0.717) is 6.61 Å². The van der Waals surface area contributed by atoms with Crippen LogP contribution in [0.15, 0.2) is 30.3 Å². The van der Waals surface area contributed by atoms with Crippen LogP contribution in [0.2, 0.25) is 0 Å². The van der Waals surface area contributed by atoms with E-state index in [2.05, 4.69) is 4.74 Å². The molecule has 0 aromatic heterocycles. The van der Waals surface area contributed by atoms with Gasteiger partial charge >= 0.3 is 11.9 Å². The molecule has 0 aliphatic heterocycles. The maximum absolute atomic E-state index is 11.6. The highest BCUT2D eigenvalue weighted by Gasteiger charge is 2.27. The third-order valence-electron chi connectivity index (χ3n) is 4.57. The van der Waals surface area contributed by atoms with Crippen molar-refractivity contribution >= 4 is 11.9 Å². The van der Waals surface area contributed by atoms with Gasteiger partial charge in [0.05, 0.1) is 17.4 Å². The SMILES string of the molecule is CCC(C)(C)C(=O)OCOC.CCC(C)(C)C(=O)OCOCc1ccccc1. The van der Waals surface area contributed by atoms with Crippen molar-refractivity contribution in [3.63, 3.8) is 0 Å². The van der Waals surface area contributed by atoms with E-state index in [4.69, 9.17) is 14.2 Å². The summed E-state index contributed by atoms with van der Waals surface area (Å²) in [5.41, 5.74) is 0.243. The molecule has 0 saturated heterocycles. The second kappa shape index (κ2) is 13.3. The summed E-state index contributed by atoms with van der Waals surface area (Å²) in [5.74, 6) is -0.421. The highest BCUT2D eigenvalue weighted by atomic mass is 16.7. The average Bonchev–Trinajstić information content (AvgIpc) is 2.70. The van der Waals surface area contributed by atoms with Crippen LogP contribution in [-0.2, 0) is 35.1 Å². The number of benzene rings is 1. The Bertz CT molecular complexity index is 566. The molecule has 0 aliphatic rings.